The lowest BCUT2D eigenvalue weighted by atomic mass is 9.94. The second-order valence-corrected chi connectivity index (χ2v) is 14.6. The number of ether oxygens (including phenoxy) is 7. The first-order chi connectivity index (χ1) is 25.6. The SMILES string of the molecule is CC(=O)OC[C@@H](OC(C)=O)C1OC(OP(=O)(O)OP(=O)(O)OCC2OC(n3cnc4c(N)ncnc43)C(F)C2O)C(OC(C)=O)C(OC(C)=O)C1OC(C)=O. The first kappa shape index (κ1) is 43.5. The molecule has 28 heteroatoms. The van der Waals surface area contributed by atoms with Gasteiger partial charge in [-0.05, 0) is 0 Å². The fraction of sp³-hybridized carbons (Fsp3) is 0.630. The fourth-order valence-corrected chi connectivity index (χ4v) is 7.54. The number of carbonyl (C=O) groups excluding carboxylic acids is 5. The van der Waals surface area contributed by atoms with Gasteiger partial charge in [0.25, 0.3) is 0 Å². The van der Waals surface area contributed by atoms with Crippen LogP contribution in [-0.4, -0.2) is 133 Å². The number of nitrogens with zero attached hydrogens (tertiary/aromatic N) is 4. The zero-order valence-corrected chi connectivity index (χ0v) is 31.1. The zero-order chi connectivity index (χ0) is 41.0. The van der Waals surface area contributed by atoms with Crippen LogP contribution in [0, 0.1) is 0 Å². The highest BCUT2D eigenvalue weighted by atomic mass is 31.3. The summed E-state index contributed by atoms with van der Waals surface area (Å²) in [6, 6.07) is 0. The Morgan fingerprint density at radius 3 is 2.11 bits per heavy atom. The Morgan fingerprint density at radius 2 is 1.51 bits per heavy atom. The summed E-state index contributed by atoms with van der Waals surface area (Å²) in [7, 11) is -11.7. The maximum Gasteiger partial charge on any atom is 0.483 e. The number of rotatable bonds is 15. The number of phosphoric acid groups is 2. The number of aromatic nitrogens is 4. The van der Waals surface area contributed by atoms with Crippen molar-refractivity contribution < 1.29 is 98.9 Å². The van der Waals surface area contributed by atoms with Crippen LogP contribution in [0.1, 0.15) is 40.8 Å². The third-order valence-corrected chi connectivity index (χ3v) is 9.97. The highest BCUT2D eigenvalue weighted by Crippen LogP contribution is 2.62. The molecule has 4 heterocycles. The summed E-state index contributed by atoms with van der Waals surface area (Å²) in [5.41, 5.74) is 5.84. The van der Waals surface area contributed by atoms with Gasteiger partial charge < -0.3 is 53.8 Å². The van der Waals surface area contributed by atoms with Gasteiger partial charge in [-0.1, -0.05) is 0 Å². The number of esters is 5. The lowest BCUT2D eigenvalue weighted by Crippen LogP contribution is -2.65. The number of nitrogen functional groups attached to an aromatic ring is 1. The Balaban J connectivity index is 1.57. The number of carbonyl (C=O) groups is 5. The van der Waals surface area contributed by atoms with E-state index >= 15 is 4.39 Å². The first-order valence-electron chi connectivity index (χ1n) is 15.7. The molecule has 0 amide bonds. The predicted octanol–water partition coefficient (Wildman–Crippen LogP) is -0.730. The van der Waals surface area contributed by atoms with E-state index < -0.39 is 120 Å². The average molecular weight is 832 g/mol. The molecule has 2 fully saturated rings. The monoisotopic (exact) mass is 831 g/mol. The second-order valence-electron chi connectivity index (χ2n) is 11.6. The molecule has 0 aromatic carbocycles. The molecule has 306 valence electrons. The number of aliphatic hydroxyl groups excluding tert-OH is 1. The molecule has 4 rings (SSSR count). The first-order valence-corrected chi connectivity index (χ1v) is 18.7. The Bertz CT molecular complexity index is 1870. The molecule has 0 saturated carbocycles. The third kappa shape index (κ3) is 11.2. The molecule has 0 bridgehead atoms. The number of anilines is 1. The number of hydrogen-bond acceptors (Lipinski definition) is 22. The highest BCUT2D eigenvalue weighted by molar-refractivity contribution is 7.61. The molecule has 0 aliphatic carbocycles. The Hall–Kier alpha value is -4.23. The zero-order valence-electron chi connectivity index (χ0n) is 29.3. The van der Waals surface area contributed by atoms with Crippen LogP contribution in [0.4, 0.5) is 10.2 Å². The van der Waals surface area contributed by atoms with Crippen LogP contribution in [0.25, 0.3) is 11.2 Å². The fourth-order valence-electron chi connectivity index (χ4n) is 5.39. The van der Waals surface area contributed by atoms with E-state index in [1.807, 2.05) is 0 Å². The van der Waals surface area contributed by atoms with Gasteiger partial charge >= 0.3 is 45.5 Å². The topological polar surface area (TPSA) is 342 Å². The van der Waals surface area contributed by atoms with E-state index in [1.54, 1.807) is 0 Å². The maximum atomic E-state index is 15.2. The van der Waals surface area contributed by atoms with E-state index in [0.29, 0.717) is 0 Å². The van der Waals surface area contributed by atoms with E-state index in [-0.39, 0.29) is 17.0 Å². The van der Waals surface area contributed by atoms with Crippen LogP contribution in [0.2, 0.25) is 0 Å². The lowest BCUT2D eigenvalue weighted by Gasteiger charge is -2.45. The smallest absolute Gasteiger partial charge is 0.462 e. The molecule has 25 nitrogen and oxygen atoms in total. The minimum atomic E-state index is -5.97. The molecular weight excluding hydrogens is 795 g/mol. The molecule has 55 heavy (non-hydrogen) atoms. The van der Waals surface area contributed by atoms with Gasteiger partial charge in [0.1, 0.15) is 36.8 Å². The van der Waals surface area contributed by atoms with E-state index in [1.165, 1.54) is 0 Å². The average Bonchev–Trinajstić information content (AvgIpc) is 3.60. The molecule has 0 spiro atoms. The summed E-state index contributed by atoms with van der Waals surface area (Å²) >= 11 is 0. The number of nitrogens with two attached hydrogens (primary N) is 1. The molecule has 2 saturated heterocycles. The number of halogens is 1. The normalized spacial score (nSPS) is 29.3. The lowest BCUT2D eigenvalue weighted by molar-refractivity contribution is -0.301. The van der Waals surface area contributed by atoms with Gasteiger partial charge in [-0.15, -0.1) is 0 Å². The largest absolute Gasteiger partial charge is 0.483 e. The van der Waals surface area contributed by atoms with Crippen molar-refractivity contribution in [2.75, 3.05) is 18.9 Å². The Labute approximate surface area is 308 Å². The minimum absolute atomic E-state index is 0.0170. The van der Waals surface area contributed by atoms with Crippen LogP contribution in [0.3, 0.4) is 0 Å². The summed E-state index contributed by atoms with van der Waals surface area (Å²) in [4.78, 5) is 92.7. The van der Waals surface area contributed by atoms with Crippen LogP contribution in [-0.2, 0) is 79.6 Å². The summed E-state index contributed by atoms with van der Waals surface area (Å²) in [5.74, 6) is -5.27. The van der Waals surface area contributed by atoms with Crippen molar-refractivity contribution in [3.8, 4) is 0 Å². The van der Waals surface area contributed by atoms with Gasteiger partial charge in [0, 0.05) is 34.6 Å². The van der Waals surface area contributed by atoms with E-state index in [2.05, 4.69) is 19.3 Å². The highest BCUT2D eigenvalue weighted by Gasteiger charge is 2.57. The number of hydrogen-bond donors (Lipinski definition) is 4. The number of phosphoric ester groups is 2. The summed E-state index contributed by atoms with van der Waals surface area (Å²) in [5, 5.41) is 10.5. The van der Waals surface area contributed by atoms with Crippen molar-refractivity contribution in [3.63, 3.8) is 0 Å². The van der Waals surface area contributed by atoms with E-state index in [0.717, 1.165) is 51.8 Å². The van der Waals surface area contributed by atoms with Crippen LogP contribution < -0.4 is 5.73 Å². The standard InChI is InChI=1S/C27H36FN5O20P2/c1-10(34)44-6-16(46-11(2)35)20-21(47-12(3)36)22(48-13(4)37)23(49-14(5)38)27(51-20)52-55(42,43)53-54(40,41)45-7-15-19(39)17(28)26(50-15)33-9-32-18-24(29)30-8-31-25(18)33/h8-9,15-17,19-23,26-27,39H,6-7H2,1-5H3,(H,40,41)(H,42,43)(H2,29,30,31)/t15?,16-,17?,19?,20?,21?,22?,23?,26?,27?/m1/s1. The third-order valence-electron chi connectivity index (χ3n) is 7.37. The van der Waals surface area contributed by atoms with Crippen molar-refractivity contribution in [1.82, 2.24) is 19.5 Å². The van der Waals surface area contributed by atoms with Crippen molar-refractivity contribution in [1.29, 1.82) is 0 Å². The molecule has 2 aromatic rings. The van der Waals surface area contributed by atoms with Gasteiger partial charge in [0.2, 0.25) is 6.29 Å². The van der Waals surface area contributed by atoms with Crippen molar-refractivity contribution in [2.24, 2.45) is 0 Å². The van der Waals surface area contributed by atoms with Crippen LogP contribution in [0.5, 0.6) is 0 Å². The molecule has 12 atom stereocenters. The van der Waals surface area contributed by atoms with Gasteiger partial charge in [-0.25, -0.2) is 28.5 Å². The quantitative estimate of drug-likeness (QED) is 0.0976. The molecule has 2 aromatic heterocycles. The number of fused-ring (bicyclic) bond motifs is 1. The van der Waals surface area contributed by atoms with Crippen LogP contribution >= 0.6 is 15.6 Å². The molecule has 2 aliphatic rings. The molecule has 2 aliphatic heterocycles. The van der Waals surface area contributed by atoms with Gasteiger partial charge in [-0.3, -0.25) is 37.6 Å². The minimum Gasteiger partial charge on any atom is -0.462 e. The van der Waals surface area contributed by atoms with Crippen molar-refractivity contribution >= 4 is 62.5 Å². The van der Waals surface area contributed by atoms with E-state index in [9.17, 15) is 48.0 Å². The second kappa shape index (κ2) is 17.7. The van der Waals surface area contributed by atoms with Gasteiger partial charge in [0.05, 0.1) is 12.9 Å². The Kier molecular flexibility index (Phi) is 14.0. The molecule has 5 N–H and O–H groups in total. The summed E-state index contributed by atoms with van der Waals surface area (Å²) in [6.45, 7) is 2.58. The van der Waals surface area contributed by atoms with Crippen molar-refractivity contribution in [3.05, 3.63) is 12.7 Å². The number of aliphatic hydroxyl groups is 1. The van der Waals surface area contributed by atoms with Gasteiger partial charge in [-0.2, -0.15) is 4.31 Å². The van der Waals surface area contributed by atoms with Gasteiger partial charge in [0.15, 0.2) is 48.3 Å². The number of alkyl halides is 1. The molecule has 0 radical (unpaired) electrons. The summed E-state index contributed by atoms with van der Waals surface area (Å²) in [6.07, 6.45) is -17.4. The summed E-state index contributed by atoms with van der Waals surface area (Å²) < 4.78 is 93.1. The van der Waals surface area contributed by atoms with E-state index in [4.69, 9.17) is 47.9 Å². The van der Waals surface area contributed by atoms with Crippen LogP contribution in [0.15, 0.2) is 12.7 Å². The Morgan fingerprint density at radius 1 is 0.891 bits per heavy atom. The maximum absolute atomic E-state index is 15.2. The molecular formula is C27H36FN5O20P2. The number of imidazole rings is 1. The molecule has 11 unspecified atom stereocenters. The van der Waals surface area contributed by atoms with Crippen molar-refractivity contribution in [2.45, 2.75) is 96.0 Å². The predicted molar refractivity (Wildman–Crippen MR) is 170 cm³/mol.